The zero-order chi connectivity index (χ0) is 12.0. The van der Waals surface area contributed by atoms with E-state index in [1.807, 2.05) is 25.1 Å². The van der Waals surface area contributed by atoms with E-state index in [0.717, 1.165) is 17.7 Å². The van der Waals surface area contributed by atoms with Crippen molar-refractivity contribution in [2.45, 2.75) is 39.7 Å². The van der Waals surface area contributed by atoms with E-state index in [9.17, 15) is 0 Å². The van der Waals surface area contributed by atoms with Crippen molar-refractivity contribution in [2.75, 3.05) is 6.61 Å². The second-order valence-corrected chi connectivity index (χ2v) is 4.33. The molecule has 2 N–H and O–H groups in total. The normalized spacial score (nSPS) is 14.5. The molecule has 0 saturated heterocycles. The summed E-state index contributed by atoms with van der Waals surface area (Å²) in [6.07, 6.45) is 2.19. The molecule has 1 aromatic rings. The first-order valence-electron chi connectivity index (χ1n) is 6.16. The average molecular weight is 221 g/mol. The zero-order valence-corrected chi connectivity index (χ0v) is 10.6. The summed E-state index contributed by atoms with van der Waals surface area (Å²) in [5.41, 5.74) is 7.35. The molecule has 2 heteroatoms. The van der Waals surface area contributed by atoms with E-state index >= 15 is 0 Å². The van der Waals surface area contributed by atoms with Gasteiger partial charge in [-0.3, -0.25) is 0 Å². The van der Waals surface area contributed by atoms with Crippen LogP contribution in [-0.4, -0.2) is 6.61 Å². The van der Waals surface area contributed by atoms with Crippen molar-refractivity contribution >= 4 is 0 Å². The summed E-state index contributed by atoms with van der Waals surface area (Å²) < 4.78 is 5.59. The number of nitrogens with two attached hydrogens (primary N) is 1. The maximum atomic E-state index is 6.22. The van der Waals surface area contributed by atoms with Gasteiger partial charge in [-0.05, 0) is 25.3 Å². The molecule has 0 aromatic heterocycles. The van der Waals surface area contributed by atoms with Gasteiger partial charge in [-0.25, -0.2) is 0 Å². The summed E-state index contributed by atoms with van der Waals surface area (Å²) >= 11 is 0. The Morgan fingerprint density at radius 2 is 1.94 bits per heavy atom. The van der Waals surface area contributed by atoms with Crippen LogP contribution in [0, 0.1) is 5.92 Å². The number of hydrogen-bond acceptors (Lipinski definition) is 2. The molecule has 2 nitrogen and oxygen atoms in total. The molecule has 0 saturated carbocycles. The highest BCUT2D eigenvalue weighted by Crippen LogP contribution is 2.28. The Kier molecular flexibility index (Phi) is 5.33. The lowest BCUT2D eigenvalue weighted by atomic mass is 9.94. The average Bonchev–Trinajstić information content (AvgIpc) is 2.30. The Bertz CT molecular complexity index is 311. The Balaban J connectivity index is 2.77. The Hall–Kier alpha value is -1.02. The van der Waals surface area contributed by atoms with Crippen molar-refractivity contribution in [3.8, 4) is 5.75 Å². The molecule has 0 aliphatic rings. The van der Waals surface area contributed by atoms with Gasteiger partial charge < -0.3 is 10.5 Å². The summed E-state index contributed by atoms with van der Waals surface area (Å²) in [7, 11) is 0. The highest BCUT2D eigenvalue weighted by atomic mass is 16.5. The lowest BCUT2D eigenvalue weighted by molar-refractivity contribution is 0.331. The Labute approximate surface area is 98.8 Å². The first-order chi connectivity index (χ1) is 7.69. The molecule has 0 spiro atoms. The molecular weight excluding hydrogens is 198 g/mol. The van der Waals surface area contributed by atoms with Crippen molar-refractivity contribution in [1.29, 1.82) is 0 Å². The predicted octanol–water partition coefficient (Wildman–Crippen LogP) is 3.52. The van der Waals surface area contributed by atoms with Gasteiger partial charge in [0, 0.05) is 11.6 Å². The van der Waals surface area contributed by atoms with Gasteiger partial charge in [-0.1, -0.05) is 38.5 Å². The third-order valence-electron chi connectivity index (χ3n) is 2.97. The summed E-state index contributed by atoms with van der Waals surface area (Å²) in [5, 5.41) is 0. The van der Waals surface area contributed by atoms with Crippen LogP contribution in [0.1, 0.15) is 45.2 Å². The lowest BCUT2D eigenvalue weighted by Crippen LogP contribution is -2.15. The van der Waals surface area contributed by atoms with Crippen LogP contribution in [0.15, 0.2) is 24.3 Å². The molecule has 2 unspecified atom stereocenters. The van der Waals surface area contributed by atoms with Crippen LogP contribution in [0.4, 0.5) is 0 Å². The van der Waals surface area contributed by atoms with Crippen LogP contribution in [0.25, 0.3) is 0 Å². The van der Waals surface area contributed by atoms with Crippen LogP contribution in [0.3, 0.4) is 0 Å². The van der Waals surface area contributed by atoms with Crippen molar-refractivity contribution < 1.29 is 4.74 Å². The maximum Gasteiger partial charge on any atom is 0.124 e. The molecule has 16 heavy (non-hydrogen) atoms. The van der Waals surface area contributed by atoms with Crippen molar-refractivity contribution in [3.05, 3.63) is 29.8 Å². The van der Waals surface area contributed by atoms with Crippen molar-refractivity contribution in [2.24, 2.45) is 11.7 Å². The van der Waals surface area contributed by atoms with Crippen LogP contribution in [-0.2, 0) is 0 Å². The minimum absolute atomic E-state index is 0.0812. The third kappa shape index (κ3) is 3.53. The van der Waals surface area contributed by atoms with Crippen LogP contribution < -0.4 is 10.5 Å². The second kappa shape index (κ2) is 6.54. The first kappa shape index (κ1) is 13.0. The maximum absolute atomic E-state index is 6.22. The van der Waals surface area contributed by atoms with Crippen molar-refractivity contribution in [1.82, 2.24) is 0 Å². The smallest absolute Gasteiger partial charge is 0.124 e. The largest absolute Gasteiger partial charge is 0.494 e. The molecule has 1 aromatic carbocycles. The number of benzene rings is 1. The third-order valence-corrected chi connectivity index (χ3v) is 2.97. The predicted molar refractivity (Wildman–Crippen MR) is 68.6 cm³/mol. The zero-order valence-electron chi connectivity index (χ0n) is 10.6. The summed E-state index contributed by atoms with van der Waals surface area (Å²) in [6.45, 7) is 7.12. The number of hydrogen-bond donors (Lipinski definition) is 1. The number of rotatable bonds is 6. The minimum atomic E-state index is 0.0812. The van der Waals surface area contributed by atoms with Gasteiger partial charge in [0.15, 0.2) is 0 Å². The number of para-hydroxylation sites is 1. The Morgan fingerprint density at radius 1 is 1.25 bits per heavy atom. The van der Waals surface area contributed by atoms with Gasteiger partial charge in [0.1, 0.15) is 5.75 Å². The molecule has 2 atom stereocenters. The molecule has 90 valence electrons. The topological polar surface area (TPSA) is 35.2 Å². The van der Waals surface area contributed by atoms with E-state index in [1.54, 1.807) is 0 Å². The van der Waals surface area contributed by atoms with E-state index in [0.29, 0.717) is 12.5 Å². The van der Waals surface area contributed by atoms with Crippen LogP contribution in [0.2, 0.25) is 0 Å². The standard InChI is InChI=1S/C14H23NO/c1-4-11(3)10-13(15)12-8-6-7-9-14(12)16-5-2/h6-9,11,13H,4-5,10,15H2,1-3H3. The highest BCUT2D eigenvalue weighted by molar-refractivity contribution is 5.35. The summed E-state index contributed by atoms with van der Waals surface area (Å²) in [5.74, 6) is 1.59. The SMILES string of the molecule is CCOc1ccccc1C(N)CC(C)CC. The Morgan fingerprint density at radius 3 is 2.56 bits per heavy atom. The monoisotopic (exact) mass is 221 g/mol. The van der Waals surface area contributed by atoms with E-state index in [1.165, 1.54) is 6.42 Å². The second-order valence-electron chi connectivity index (χ2n) is 4.33. The van der Waals surface area contributed by atoms with E-state index < -0.39 is 0 Å². The van der Waals surface area contributed by atoms with Crippen LogP contribution >= 0.6 is 0 Å². The van der Waals surface area contributed by atoms with E-state index in [4.69, 9.17) is 10.5 Å². The van der Waals surface area contributed by atoms with E-state index in [-0.39, 0.29) is 6.04 Å². The molecule has 0 aliphatic heterocycles. The van der Waals surface area contributed by atoms with Crippen LogP contribution in [0.5, 0.6) is 5.75 Å². The minimum Gasteiger partial charge on any atom is -0.494 e. The molecule has 0 heterocycles. The van der Waals surface area contributed by atoms with Gasteiger partial charge in [0.25, 0.3) is 0 Å². The van der Waals surface area contributed by atoms with Gasteiger partial charge in [0.2, 0.25) is 0 Å². The molecule has 0 bridgehead atoms. The molecule has 1 rings (SSSR count). The van der Waals surface area contributed by atoms with E-state index in [2.05, 4.69) is 19.9 Å². The molecule has 0 radical (unpaired) electrons. The fourth-order valence-corrected chi connectivity index (χ4v) is 1.80. The van der Waals surface area contributed by atoms with Gasteiger partial charge in [-0.15, -0.1) is 0 Å². The van der Waals surface area contributed by atoms with Gasteiger partial charge in [-0.2, -0.15) is 0 Å². The summed E-state index contributed by atoms with van der Waals surface area (Å²) in [6, 6.07) is 8.16. The molecular formula is C14H23NO. The molecule has 0 fully saturated rings. The quantitative estimate of drug-likeness (QED) is 0.797. The first-order valence-corrected chi connectivity index (χ1v) is 6.16. The highest BCUT2D eigenvalue weighted by Gasteiger charge is 2.13. The van der Waals surface area contributed by atoms with Gasteiger partial charge >= 0.3 is 0 Å². The molecule has 0 aliphatic carbocycles. The fourth-order valence-electron chi connectivity index (χ4n) is 1.80. The molecule has 0 amide bonds. The van der Waals surface area contributed by atoms with Gasteiger partial charge in [0.05, 0.1) is 6.61 Å². The van der Waals surface area contributed by atoms with Crippen molar-refractivity contribution in [3.63, 3.8) is 0 Å². The summed E-state index contributed by atoms with van der Waals surface area (Å²) in [4.78, 5) is 0. The number of ether oxygens (including phenoxy) is 1. The fraction of sp³-hybridized carbons (Fsp3) is 0.571. The lowest BCUT2D eigenvalue weighted by Gasteiger charge is -2.19.